The fraction of sp³-hybridized carbons (Fsp3) is 0.444. The van der Waals surface area contributed by atoms with Crippen LogP contribution in [-0.4, -0.2) is 10.1 Å². The molecule has 0 amide bonds. The van der Waals surface area contributed by atoms with Gasteiger partial charge in [0, 0.05) is 6.42 Å². The summed E-state index contributed by atoms with van der Waals surface area (Å²) in [4.78, 5) is 5.10. The molecule has 0 saturated heterocycles. The highest BCUT2D eigenvalue weighted by Gasteiger charge is 2.12. The molecule has 12 heavy (non-hydrogen) atoms. The quantitative estimate of drug-likeness (QED) is 0.706. The number of aliphatic hydroxyl groups excluding tert-OH is 1. The zero-order valence-electron chi connectivity index (χ0n) is 7.16. The highest BCUT2D eigenvalue weighted by Crippen LogP contribution is 2.26. The lowest BCUT2D eigenvalue weighted by molar-refractivity contribution is 0.187. The van der Waals surface area contributed by atoms with Gasteiger partial charge in [0.15, 0.2) is 0 Å². The van der Waals surface area contributed by atoms with E-state index < -0.39 is 6.10 Å². The first kappa shape index (κ1) is 9.24. The minimum absolute atomic E-state index is 0.364. The maximum absolute atomic E-state index is 9.54. The molecular formula is C9H11NOS. The van der Waals surface area contributed by atoms with Crippen LogP contribution in [0, 0.1) is 26.2 Å². The van der Waals surface area contributed by atoms with Crippen LogP contribution in [-0.2, 0) is 0 Å². The Labute approximate surface area is 76.3 Å². The van der Waals surface area contributed by atoms with Gasteiger partial charge in [0.25, 0.3) is 0 Å². The van der Waals surface area contributed by atoms with Crippen molar-refractivity contribution in [1.29, 1.82) is 0 Å². The third-order valence-corrected chi connectivity index (χ3v) is 2.73. The molecule has 64 valence electrons. The average Bonchev–Trinajstić information content (AvgIpc) is 2.30. The molecule has 1 unspecified atom stereocenters. The standard InChI is InChI=1S/C9H11NOS/c1-4-5-8(11)9-6(2)10-7(3)12-9/h1,8,11H,5H2,2-3H3. The van der Waals surface area contributed by atoms with Crippen molar-refractivity contribution in [3.63, 3.8) is 0 Å². The van der Waals surface area contributed by atoms with E-state index in [2.05, 4.69) is 10.9 Å². The molecule has 0 fully saturated rings. The zero-order valence-corrected chi connectivity index (χ0v) is 7.98. The first-order valence-electron chi connectivity index (χ1n) is 3.70. The first-order chi connectivity index (χ1) is 5.65. The van der Waals surface area contributed by atoms with E-state index in [4.69, 9.17) is 6.42 Å². The molecule has 0 spiro atoms. The summed E-state index contributed by atoms with van der Waals surface area (Å²) in [6.07, 6.45) is 4.92. The molecule has 0 aliphatic rings. The number of rotatable bonds is 2. The molecule has 0 radical (unpaired) electrons. The van der Waals surface area contributed by atoms with Crippen LogP contribution in [0.2, 0.25) is 0 Å². The summed E-state index contributed by atoms with van der Waals surface area (Å²) in [5.41, 5.74) is 0.889. The summed E-state index contributed by atoms with van der Waals surface area (Å²) in [7, 11) is 0. The summed E-state index contributed by atoms with van der Waals surface area (Å²) < 4.78 is 0. The highest BCUT2D eigenvalue weighted by molar-refractivity contribution is 7.11. The lowest BCUT2D eigenvalue weighted by atomic mass is 10.2. The second kappa shape index (κ2) is 3.70. The van der Waals surface area contributed by atoms with Crippen LogP contribution < -0.4 is 0 Å². The second-order valence-corrected chi connectivity index (χ2v) is 3.84. The van der Waals surface area contributed by atoms with E-state index >= 15 is 0 Å². The van der Waals surface area contributed by atoms with E-state index in [-0.39, 0.29) is 0 Å². The number of thiazole rings is 1. The molecule has 1 N–H and O–H groups in total. The average molecular weight is 181 g/mol. The number of aromatic nitrogens is 1. The van der Waals surface area contributed by atoms with E-state index in [0.717, 1.165) is 15.6 Å². The van der Waals surface area contributed by atoms with E-state index in [1.165, 1.54) is 11.3 Å². The predicted octanol–water partition coefficient (Wildman–Crippen LogP) is 1.82. The van der Waals surface area contributed by atoms with Gasteiger partial charge in [-0.25, -0.2) is 4.98 Å². The van der Waals surface area contributed by atoms with Gasteiger partial charge >= 0.3 is 0 Å². The van der Waals surface area contributed by atoms with E-state index in [9.17, 15) is 5.11 Å². The van der Waals surface area contributed by atoms with Crippen molar-refractivity contribution in [2.24, 2.45) is 0 Å². The minimum Gasteiger partial charge on any atom is -0.387 e. The van der Waals surface area contributed by atoms with Crippen LogP contribution in [0.5, 0.6) is 0 Å². The van der Waals surface area contributed by atoms with Gasteiger partial charge in [-0.05, 0) is 13.8 Å². The largest absolute Gasteiger partial charge is 0.387 e. The van der Waals surface area contributed by atoms with Crippen LogP contribution in [0.25, 0.3) is 0 Å². The number of aliphatic hydroxyl groups is 1. The van der Waals surface area contributed by atoms with Crippen molar-refractivity contribution < 1.29 is 5.11 Å². The fourth-order valence-electron chi connectivity index (χ4n) is 1.06. The maximum atomic E-state index is 9.54. The van der Waals surface area contributed by atoms with Crippen LogP contribution in [0.1, 0.15) is 28.1 Å². The number of hydrogen-bond donors (Lipinski definition) is 1. The number of nitrogens with zero attached hydrogens (tertiary/aromatic N) is 1. The van der Waals surface area contributed by atoms with E-state index in [0.29, 0.717) is 6.42 Å². The van der Waals surface area contributed by atoms with Crippen LogP contribution in [0.15, 0.2) is 0 Å². The topological polar surface area (TPSA) is 33.1 Å². The Morgan fingerprint density at radius 2 is 2.33 bits per heavy atom. The fourth-order valence-corrected chi connectivity index (χ4v) is 1.97. The van der Waals surface area contributed by atoms with Gasteiger partial charge < -0.3 is 5.11 Å². The third-order valence-electron chi connectivity index (χ3n) is 1.55. The van der Waals surface area contributed by atoms with Crippen molar-refractivity contribution in [2.45, 2.75) is 26.4 Å². The predicted molar refractivity (Wildman–Crippen MR) is 50.0 cm³/mol. The molecule has 2 nitrogen and oxygen atoms in total. The molecular weight excluding hydrogens is 170 g/mol. The van der Waals surface area contributed by atoms with Crippen LogP contribution >= 0.6 is 11.3 Å². The monoisotopic (exact) mass is 181 g/mol. The Morgan fingerprint density at radius 3 is 2.75 bits per heavy atom. The molecule has 0 aromatic carbocycles. The van der Waals surface area contributed by atoms with Gasteiger partial charge in [0.05, 0.1) is 15.6 Å². The normalized spacial score (nSPS) is 12.5. The molecule has 1 aromatic rings. The van der Waals surface area contributed by atoms with Crippen molar-refractivity contribution >= 4 is 11.3 Å². The molecule has 3 heteroatoms. The Morgan fingerprint density at radius 1 is 1.67 bits per heavy atom. The number of terminal acetylenes is 1. The lowest BCUT2D eigenvalue weighted by Crippen LogP contribution is -1.94. The van der Waals surface area contributed by atoms with Crippen molar-refractivity contribution in [3.05, 3.63) is 15.6 Å². The molecule has 0 saturated carbocycles. The van der Waals surface area contributed by atoms with Crippen LogP contribution in [0.4, 0.5) is 0 Å². The Balaban J connectivity index is 2.88. The molecule has 0 aliphatic carbocycles. The van der Waals surface area contributed by atoms with Gasteiger partial charge in [-0.1, -0.05) is 0 Å². The van der Waals surface area contributed by atoms with E-state index in [1.807, 2.05) is 13.8 Å². The summed E-state index contributed by atoms with van der Waals surface area (Å²) in [6, 6.07) is 0. The molecule has 0 aliphatic heterocycles. The van der Waals surface area contributed by atoms with Gasteiger partial charge in [0.2, 0.25) is 0 Å². The Kier molecular flexibility index (Phi) is 2.85. The lowest BCUT2D eigenvalue weighted by Gasteiger charge is -2.03. The zero-order chi connectivity index (χ0) is 9.14. The third kappa shape index (κ3) is 1.84. The van der Waals surface area contributed by atoms with Crippen molar-refractivity contribution in [2.75, 3.05) is 0 Å². The summed E-state index contributed by atoms with van der Waals surface area (Å²) in [5, 5.41) is 10.5. The Bertz CT molecular complexity index is 311. The smallest absolute Gasteiger partial charge is 0.101 e. The number of hydrogen-bond acceptors (Lipinski definition) is 3. The molecule has 1 aromatic heterocycles. The van der Waals surface area contributed by atoms with Gasteiger partial charge in [-0.2, -0.15) is 0 Å². The Hall–Kier alpha value is -0.850. The van der Waals surface area contributed by atoms with Crippen molar-refractivity contribution in [3.8, 4) is 12.3 Å². The van der Waals surface area contributed by atoms with Gasteiger partial charge in [-0.15, -0.1) is 23.7 Å². The first-order valence-corrected chi connectivity index (χ1v) is 4.52. The van der Waals surface area contributed by atoms with E-state index in [1.54, 1.807) is 0 Å². The molecule has 0 bridgehead atoms. The second-order valence-electron chi connectivity index (χ2n) is 2.61. The molecule has 1 heterocycles. The SMILES string of the molecule is C#CCC(O)c1sc(C)nc1C. The molecule has 1 atom stereocenters. The highest BCUT2D eigenvalue weighted by atomic mass is 32.1. The number of aryl methyl sites for hydroxylation is 2. The molecule has 1 rings (SSSR count). The summed E-state index contributed by atoms with van der Waals surface area (Å²) in [6.45, 7) is 3.81. The van der Waals surface area contributed by atoms with Gasteiger partial charge in [0.1, 0.15) is 6.10 Å². The van der Waals surface area contributed by atoms with Crippen LogP contribution in [0.3, 0.4) is 0 Å². The maximum Gasteiger partial charge on any atom is 0.101 e. The minimum atomic E-state index is -0.541. The van der Waals surface area contributed by atoms with Gasteiger partial charge in [-0.3, -0.25) is 0 Å². The summed E-state index contributed by atoms with van der Waals surface area (Å²) >= 11 is 1.51. The van der Waals surface area contributed by atoms with Crippen molar-refractivity contribution in [1.82, 2.24) is 4.98 Å². The summed E-state index contributed by atoms with van der Waals surface area (Å²) in [5.74, 6) is 2.43.